The van der Waals surface area contributed by atoms with E-state index >= 15 is 0 Å². The summed E-state index contributed by atoms with van der Waals surface area (Å²) in [6.45, 7) is 3.58. The lowest BCUT2D eigenvalue weighted by Gasteiger charge is -2.13. The molecule has 0 unspecified atom stereocenters. The van der Waals surface area contributed by atoms with Crippen molar-refractivity contribution in [3.05, 3.63) is 47.7 Å². The molecular weight excluding hydrogens is 398 g/mol. The molecule has 0 bridgehead atoms. The fraction of sp³-hybridized carbons (Fsp3) is 0.250. The van der Waals surface area contributed by atoms with Crippen LogP contribution in [0.5, 0.6) is 11.5 Å². The molecule has 0 amide bonds. The van der Waals surface area contributed by atoms with Crippen molar-refractivity contribution < 1.29 is 31.8 Å². The number of methoxy groups -OCH3 is 2. The van der Waals surface area contributed by atoms with Crippen LogP contribution in [-0.4, -0.2) is 35.2 Å². The first-order valence-corrected chi connectivity index (χ1v) is 10.2. The van der Waals surface area contributed by atoms with Gasteiger partial charge in [0.05, 0.1) is 31.4 Å². The number of aryl methyl sites for hydroxylation is 1. The highest BCUT2D eigenvalue weighted by Gasteiger charge is 2.22. The summed E-state index contributed by atoms with van der Waals surface area (Å²) in [5, 5.41) is 0.508. The Kier molecular flexibility index (Phi) is 5.69. The summed E-state index contributed by atoms with van der Waals surface area (Å²) < 4.78 is 49.3. The average molecular weight is 419 g/mol. The number of carbonyl (C=O) groups is 1. The summed E-state index contributed by atoms with van der Waals surface area (Å²) in [7, 11) is -1.02. The van der Waals surface area contributed by atoms with Crippen LogP contribution in [0.3, 0.4) is 0 Å². The van der Waals surface area contributed by atoms with E-state index in [9.17, 15) is 13.2 Å². The van der Waals surface area contributed by atoms with Gasteiger partial charge in [-0.15, -0.1) is 0 Å². The second-order valence-corrected chi connectivity index (χ2v) is 7.79. The molecule has 8 nitrogen and oxygen atoms in total. The molecule has 9 heteroatoms. The number of furan rings is 1. The highest BCUT2D eigenvalue weighted by atomic mass is 32.2. The summed E-state index contributed by atoms with van der Waals surface area (Å²) in [6.07, 6.45) is 0. The highest BCUT2D eigenvalue weighted by molar-refractivity contribution is 7.92. The first kappa shape index (κ1) is 20.5. The standard InChI is InChI=1S/C20H21NO7S/c1-5-27-20(22)19-12(2)15-11-14(7-9-17(15)28-19)29(23,24)21-16-10-13(25-3)6-8-18(16)26-4/h6-11,21H,5H2,1-4H3. The molecule has 2 aromatic carbocycles. The van der Waals surface area contributed by atoms with Gasteiger partial charge in [0.1, 0.15) is 17.1 Å². The van der Waals surface area contributed by atoms with Crippen LogP contribution in [0.2, 0.25) is 0 Å². The summed E-state index contributed by atoms with van der Waals surface area (Å²) in [6, 6.07) is 9.14. The molecule has 0 radical (unpaired) electrons. The lowest BCUT2D eigenvalue weighted by atomic mass is 10.1. The Morgan fingerprint density at radius 3 is 2.52 bits per heavy atom. The normalized spacial score (nSPS) is 11.3. The number of benzene rings is 2. The number of anilines is 1. The van der Waals surface area contributed by atoms with E-state index in [0.29, 0.717) is 28.0 Å². The minimum atomic E-state index is -3.94. The van der Waals surface area contributed by atoms with Crippen LogP contribution in [0.4, 0.5) is 5.69 Å². The minimum Gasteiger partial charge on any atom is -0.497 e. The number of carbonyl (C=O) groups excluding carboxylic acids is 1. The molecule has 0 saturated heterocycles. The van der Waals surface area contributed by atoms with Gasteiger partial charge < -0.3 is 18.6 Å². The highest BCUT2D eigenvalue weighted by Crippen LogP contribution is 2.32. The van der Waals surface area contributed by atoms with Crippen LogP contribution >= 0.6 is 0 Å². The van der Waals surface area contributed by atoms with Gasteiger partial charge in [-0.3, -0.25) is 4.72 Å². The number of nitrogens with one attached hydrogen (secondary N) is 1. The molecule has 1 N–H and O–H groups in total. The van der Waals surface area contributed by atoms with Crippen molar-refractivity contribution in [2.24, 2.45) is 0 Å². The smallest absolute Gasteiger partial charge is 0.374 e. The molecule has 0 atom stereocenters. The van der Waals surface area contributed by atoms with Crippen LogP contribution in [0.25, 0.3) is 11.0 Å². The third kappa shape index (κ3) is 4.00. The quantitative estimate of drug-likeness (QED) is 0.582. The number of hydrogen-bond donors (Lipinski definition) is 1. The zero-order valence-corrected chi connectivity index (χ0v) is 17.3. The van der Waals surface area contributed by atoms with Crippen molar-refractivity contribution in [1.82, 2.24) is 0 Å². The third-order valence-electron chi connectivity index (χ3n) is 4.33. The molecule has 29 heavy (non-hydrogen) atoms. The van der Waals surface area contributed by atoms with Crippen molar-refractivity contribution in [3.63, 3.8) is 0 Å². The molecule has 0 aliphatic rings. The molecule has 0 aliphatic carbocycles. The van der Waals surface area contributed by atoms with E-state index in [2.05, 4.69) is 4.72 Å². The van der Waals surface area contributed by atoms with Crippen molar-refractivity contribution >= 4 is 32.6 Å². The van der Waals surface area contributed by atoms with Gasteiger partial charge in [-0.25, -0.2) is 13.2 Å². The average Bonchev–Trinajstić information content (AvgIpc) is 3.04. The van der Waals surface area contributed by atoms with E-state index in [1.807, 2.05) is 0 Å². The summed E-state index contributed by atoms with van der Waals surface area (Å²) in [5.41, 5.74) is 1.14. The first-order valence-electron chi connectivity index (χ1n) is 8.75. The molecule has 0 saturated carbocycles. The van der Waals surface area contributed by atoms with E-state index in [-0.39, 0.29) is 22.9 Å². The van der Waals surface area contributed by atoms with E-state index in [4.69, 9.17) is 18.6 Å². The maximum Gasteiger partial charge on any atom is 0.374 e. The number of sulfonamides is 1. The number of ether oxygens (including phenoxy) is 3. The monoisotopic (exact) mass is 419 g/mol. The minimum absolute atomic E-state index is 0.00850. The lowest BCUT2D eigenvalue weighted by Crippen LogP contribution is -2.13. The van der Waals surface area contributed by atoms with E-state index < -0.39 is 16.0 Å². The number of fused-ring (bicyclic) bond motifs is 1. The van der Waals surface area contributed by atoms with Crippen molar-refractivity contribution in [2.45, 2.75) is 18.7 Å². The van der Waals surface area contributed by atoms with Crippen molar-refractivity contribution in [2.75, 3.05) is 25.5 Å². The van der Waals surface area contributed by atoms with Gasteiger partial charge >= 0.3 is 5.97 Å². The van der Waals surface area contributed by atoms with Crippen LogP contribution in [0, 0.1) is 6.92 Å². The van der Waals surface area contributed by atoms with Gasteiger partial charge in [0.15, 0.2) is 0 Å². The number of esters is 1. The molecule has 154 valence electrons. The van der Waals surface area contributed by atoms with Crippen LogP contribution in [0.15, 0.2) is 45.7 Å². The van der Waals surface area contributed by atoms with Gasteiger partial charge in [-0.2, -0.15) is 0 Å². The van der Waals surface area contributed by atoms with Gasteiger partial charge in [0, 0.05) is 17.0 Å². The molecule has 1 heterocycles. The summed E-state index contributed by atoms with van der Waals surface area (Å²) in [5.74, 6) is 0.284. The van der Waals surface area contributed by atoms with Crippen molar-refractivity contribution in [3.8, 4) is 11.5 Å². The van der Waals surface area contributed by atoms with Crippen LogP contribution in [-0.2, 0) is 14.8 Å². The van der Waals surface area contributed by atoms with E-state index in [1.54, 1.807) is 26.0 Å². The largest absolute Gasteiger partial charge is 0.497 e. The predicted octanol–water partition coefficient (Wildman–Crippen LogP) is 3.74. The molecule has 0 spiro atoms. The van der Waals surface area contributed by atoms with E-state index in [0.717, 1.165) is 0 Å². The Balaban J connectivity index is 2.01. The van der Waals surface area contributed by atoms with Crippen molar-refractivity contribution in [1.29, 1.82) is 0 Å². The Labute approximate surface area is 168 Å². The second kappa shape index (κ2) is 8.04. The second-order valence-electron chi connectivity index (χ2n) is 6.11. The number of hydrogen-bond acceptors (Lipinski definition) is 7. The SMILES string of the molecule is CCOC(=O)c1oc2ccc(S(=O)(=O)Nc3cc(OC)ccc3OC)cc2c1C. The third-order valence-corrected chi connectivity index (χ3v) is 5.69. The topological polar surface area (TPSA) is 104 Å². The maximum atomic E-state index is 12.9. The molecule has 3 aromatic rings. The molecule has 3 rings (SSSR count). The Hall–Kier alpha value is -3.20. The van der Waals surface area contributed by atoms with E-state index in [1.165, 1.54) is 38.5 Å². The zero-order chi connectivity index (χ0) is 21.2. The fourth-order valence-corrected chi connectivity index (χ4v) is 3.94. The molecule has 0 aliphatic heterocycles. The molecule has 0 fully saturated rings. The predicted molar refractivity (Wildman–Crippen MR) is 107 cm³/mol. The lowest BCUT2D eigenvalue weighted by molar-refractivity contribution is 0.0491. The van der Waals surface area contributed by atoms with Crippen LogP contribution < -0.4 is 14.2 Å². The Bertz CT molecular complexity index is 1170. The van der Waals surface area contributed by atoms with Crippen LogP contribution in [0.1, 0.15) is 23.0 Å². The van der Waals surface area contributed by atoms with Gasteiger partial charge in [-0.05, 0) is 44.2 Å². The maximum absolute atomic E-state index is 12.9. The number of rotatable bonds is 7. The zero-order valence-electron chi connectivity index (χ0n) is 16.4. The fourth-order valence-electron chi connectivity index (χ4n) is 2.86. The van der Waals surface area contributed by atoms with Gasteiger partial charge in [0.25, 0.3) is 10.0 Å². The van der Waals surface area contributed by atoms with Gasteiger partial charge in [0.2, 0.25) is 5.76 Å². The summed E-state index contributed by atoms with van der Waals surface area (Å²) >= 11 is 0. The Morgan fingerprint density at radius 1 is 1.10 bits per heavy atom. The summed E-state index contributed by atoms with van der Waals surface area (Å²) in [4.78, 5) is 12.0. The Morgan fingerprint density at radius 2 is 1.86 bits per heavy atom. The van der Waals surface area contributed by atoms with Gasteiger partial charge in [-0.1, -0.05) is 0 Å². The molecular formula is C20H21NO7S. The first-order chi connectivity index (χ1) is 13.8. The molecule has 1 aromatic heterocycles.